The van der Waals surface area contributed by atoms with Crippen LogP contribution in [0.1, 0.15) is 32.1 Å². The lowest BCUT2D eigenvalue weighted by Gasteiger charge is -2.45. The lowest BCUT2D eigenvalue weighted by Crippen LogP contribution is -2.38. The average molecular weight is 180 g/mol. The fraction of sp³-hybridized carbons (Fsp3) is 0.909. The van der Waals surface area contributed by atoms with Gasteiger partial charge in [0.2, 0.25) is 0 Å². The third kappa shape index (κ3) is 1.18. The zero-order valence-electron chi connectivity index (χ0n) is 7.87. The summed E-state index contributed by atoms with van der Waals surface area (Å²) in [6, 6.07) is 0. The summed E-state index contributed by atoms with van der Waals surface area (Å²) in [5.41, 5.74) is 0. The summed E-state index contributed by atoms with van der Waals surface area (Å²) in [4.78, 5) is 11.3. The molecule has 0 aromatic carbocycles. The van der Waals surface area contributed by atoms with Crippen LogP contribution in [0, 0.1) is 23.7 Å². The molecule has 4 aliphatic rings. The fourth-order valence-corrected chi connectivity index (χ4v) is 3.72. The van der Waals surface area contributed by atoms with Crippen LogP contribution in [0.3, 0.4) is 0 Å². The van der Waals surface area contributed by atoms with Gasteiger partial charge in [-0.15, -0.1) is 0 Å². The van der Waals surface area contributed by atoms with E-state index in [1.165, 1.54) is 25.7 Å². The maximum Gasteiger partial charge on any atom is 0.306 e. The van der Waals surface area contributed by atoms with Crippen LogP contribution in [0.2, 0.25) is 0 Å². The molecule has 1 saturated heterocycles. The maximum absolute atomic E-state index is 11.3. The first-order chi connectivity index (χ1) is 6.33. The minimum absolute atomic E-state index is 0.0556. The van der Waals surface area contributed by atoms with Crippen molar-refractivity contribution in [2.45, 2.75) is 32.1 Å². The summed E-state index contributed by atoms with van der Waals surface area (Å²) < 4.78 is 5.23. The van der Waals surface area contributed by atoms with Gasteiger partial charge in [0.1, 0.15) is 0 Å². The van der Waals surface area contributed by atoms with Crippen molar-refractivity contribution in [2.24, 2.45) is 23.7 Å². The minimum Gasteiger partial charge on any atom is -0.465 e. The van der Waals surface area contributed by atoms with Gasteiger partial charge in [-0.1, -0.05) is 6.42 Å². The molecule has 1 heterocycles. The Labute approximate surface area is 78.6 Å². The summed E-state index contributed by atoms with van der Waals surface area (Å²) in [5.74, 6) is 3.17. The van der Waals surface area contributed by atoms with Crippen LogP contribution in [-0.2, 0) is 9.53 Å². The summed E-state index contributed by atoms with van der Waals surface area (Å²) >= 11 is 0. The molecule has 0 N–H and O–H groups in total. The van der Waals surface area contributed by atoms with E-state index in [0.717, 1.165) is 18.4 Å². The highest BCUT2D eigenvalue weighted by atomic mass is 16.5. The molecular formula is C11H16O2. The molecule has 0 amide bonds. The molecule has 72 valence electrons. The quantitative estimate of drug-likeness (QED) is 0.533. The fourth-order valence-electron chi connectivity index (χ4n) is 3.72. The highest BCUT2D eigenvalue weighted by molar-refractivity contribution is 5.70. The van der Waals surface area contributed by atoms with Gasteiger partial charge in [0.05, 0.1) is 6.61 Å². The first-order valence-electron chi connectivity index (χ1n) is 5.48. The van der Waals surface area contributed by atoms with Gasteiger partial charge in [0, 0.05) is 6.42 Å². The van der Waals surface area contributed by atoms with Crippen LogP contribution in [0.4, 0.5) is 0 Å². The van der Waals surface area contributed by atoms with Gasteiger partial charge < -0.3 is 4.74 Å². The first kappa shape index (κ1) is 7.84. The van der Waals surface area contributed by atoms with Gasteiger partial charge in [-0.25, -0.2) is 0 Å². The molecule has 3 saturated carbocycles. The second-order valence-corrected chi connectivity index (χ2v) is 4.99. The van der Waals surface area contributed by atoms with Crippen molar-refractivity contribution in [1.82, 2.24) is 0 Å². The smallest absolute Gasteiger partial charge is 0.306 e. The Morgan fingerprint density at radius 1 is 1.15 bits per heavy atom. The van der Waals surface area contributed by atoms with Crippen molar-refractivity contribution in [3.63, 3.8) is 0 Å². The Kier molecular flexibility index (Phi) is 1.64. The van der Waals surface area contributed by atoms with Gasteiger partial charge in [-0.3, -0.25) is 4.79 Å². The summed E-state index contributed by atoms with van der Waals surface area (Å²) in [5, 5.41) is 0. The maximum atomic E-state index is 11.3. The molecule has 0 spiro atoms. The Bertz CT molecular complexity index is 236. The lowest BCUT2D eigenvalue weighted by atomic mass is 9.59. The summed E-state index contributed by atoms with van der Waals surface area (Å²) in [6.45, 7) is 0.719. The second-order valence-electron chi connectivity index (χ2n) is 4.99. The number of hydrogen-bond donors (Lipinski definition) is 0. The van der Waals surface area contributed by atoms with Crippen molar-refractivity contribution in [3.8, 4) is 0 Å². The lowest BCUT2D eigenvalue weighted by molar-refractivity contribution is -0.143. The molecule has 0 unspecified atom stereocenters. The predicted octanol–water partition coefficient (Wildman–Crippen LogP) is 1.99. The standard InChI is InChI=1S/C11H16O2/c12-11-5-8-3-7-1-2-10(8)9(4-7)6-13-11/h7-10H,1-6H2/t7-,8+,9-,10+/m1/s1. The van der Waals surface area contributed by atoms with Gasteiger partial charge in [0.15, 0.2) is 0 Å². The number of hydrogen-bond acceptors (Lipinski definition) is 2. The van der Waals surface area contributed by atoms with Crippen molar-refractivity contribution >= 4 is 5.97 Å². The third-order valence-electron chi connectivity index (χ3n) is 4.28. The van der Waals surface area contributed by atoms with E-state index in [0.29, 0.717) is 18.3 Å². The molecule has 0 aromatic heterocycles. The van der Waals surface area contributed by atoms with Crippen LogP contribution >= 0.6 is 0 Å². The van der Waals surface area contributed by atoms with Crippen molar-refractivity contribution in [3.05, 3.63) is 0 Å². The number of esters is 1. The molecule has 4 fully saturated rings. The Balaban J connectivity index is 1.88. The van der Waals surface area contributed by atoms with E-state index in [1.54, 1.807) is 0 Å². The number of carbonyl (C=O) groups is 1. The molecule has 0 radical (unpaired) electrons. The number of fused-ring (bicyclic) bond motifs is 1. The zero-order valence-corrected chi connectivity index (χ0v) is 7.87. The first-order valence-corrected chi connectivity index (χ1v) is 5.48. The number of cyclic esters (lactones) is 1. The molecule has 1 aliphatic heterocycles. The highest BCUT2D eigenvalue weighted by Gasteiger charge is 2.44. The zero-order chi connectivity index (χ0) is 8.84. The van der Waals surface area contributed by atoms with E-state index < -0.39 is 0 Å². The van der Waals surface area contributed by atoms with E-state index in [-0.39, 0.29) is 5.97 Å². The molecule has 4 bridgehead atoms. The monoisotopic (exact) mass is 180 g/mol. The van der Waals surface area contributed by atoms with Crippen LogP contribution in [0.5, 0.6) is 0 Å². The molecule has 13 heavy (non-hydrogen) atoms. The van der Waals surface area contributed by atoms with E-state index in [4.69, 9.17) is 4.74 Å². The molecule has 3 aliphatic carbocycles. The predicted molar refractivity (Wildman–Crippen MR) is 48.0 cm³/mol. The average Bonchev–Trinajstić information content (AvgIpc) is 2.25. The molecule has 4 rings (SSSR count). The second kappa shape index (κ2) is 2.73. The summed E-state index contributed by atoms with van der Waals surface area (Å²) in [6.07, 6.45) is 6.10. The van der Waals surface area contributed by atoms with Crippen molar-refractivity contribution in [1.29, 1.82) is 0 Å². The van der Waals surface area contributed by atoms with Crippen molar-refractivity contribution in [2.75, 3.05) is 6.61 Å². The van der Waals surface area contributed by atoms with Gasteiger partial charge in [0.25, 0.3) is 0 Å². The molecule has 0 aromatic rings. The summed E-state index contributed by atoms with van der Waals surface area (Å²) in [7, 11) is 0. The molecule has 4 atom stereocenters. The van der Waals surface area contributed by atoms with Gasteiger partial charge in [-0.2, -0.15) is 0 Å². The van der Waals surface area contributed by atoms with Crippen LogP contribution in [0.15, 0.2) is 0 Å². The topological polar surface area (TPSA) is 26.3 Å². The largest absolute Gasteiger partial charge is 0.465 e. The molecular weight excluding hydrogens is 164 g/mol. The van der Waals surface area contributed by atoms with Crippen LogP contribution in [-0.4, -0.2) is 12.6 Å². The minimum atomic E-state index is 0.0556. The Morgan fingerprint density at radius 2 is 2.00 bits per heavy atom. The number of carbonyl (C=O) groups excluding carboxylic acids is 1. The Hall–Kier alpha value is -0.530. The number of ether oxygens (including phenoxy) is 1. The van der Waals surface area contributed by atoms with Crippen LogP contribution in [0.25, 0.3) is 0 Å². The van der Waals surface area contributed by atoms with E-state index in [1.807, 2.05) is 0 Å². The Morgan fingerprint density at radius 3 is 2.85 bits per heavy atom. The molecule has 2 nitrogen and oxygen atoms in total. The van der Waals surface area contributed by atoms with Crippen molar-refractivity contribution < 1.29 is 9.53 Å². The van der Waals surface area contributed by atoms with Gasteiger partial charge in [-0.05, 0) is 42.9 Å². The molecule has 2 heteroatoms. The van der Waals surface area contributed by atoms with Gasteiger partial charge >= 0.3 is 5.97 Å². The van der Waals surface area contributed by atoms with E-state index >= 15 is 0 Å². The third-order valence-corrected chi connectivity index (χ3v) is 4.28. The normalized spacial score (nSPS) is 48.5. The number of rotatable bonds is 0. The SMILES string of the molecule is O=C1C[C@@H]2C[C@H]3CC[C@@H]2[C@@H](CO1)C3. The highest BCUT2D eigenvalue weighted by Crippen LogP contribution is 2.50. The van der Waals surface area contributed by atoms with E-state index in [2.05, 4.69) is 0 Å². The van der Waals surface area contributed by atoms with E-state index in [9.17, 15) is 4.79 Å². The van der Waals surface area contributed by atoms with Crippen LogP contribution < -0.4 is 0 Å².